The minimum Gasteiger partial charge on any atom is -0.316 e. The van der Waals surface area contributed by atoms with Crippen LogP contribution in [0.25, 0.3) is 5.69 Å². The molecule has 0 aliphatic carbocycles. The number of hydrazone groups is 1. The fourth-order valence-corrected chi connectivity index (χ4v) is 4.64. The van der Waals surface area contributed by atoms with Crippen LogP contribution in [-0.4, -0.2) is 37.9 Å². The number of amides is 1. The van der Waals surface area contributed by atoms with Crippen molar-refractivity contribution in [1.82, 2.24) is 9.99 Å². The van der Waals surface area contributed by atoms with Gasteiger partial charge >= 0.3 is 0 Å². The second kappa shape index (κ2) is 9.99. The molecule has 0 bridgehead atoms. The van der Waals surface area contributed by atoms with Gasteiger partial charge in [-0.15, -0.1) is 0 Å². The third-order valence-corrected chi connectivity index (χ3v) is 6.99. The van der Waals surface area contributed by atoms with Crippen molar-refractivity contribution in [2.75, 3.05) is 17.1 Å². The lowest BCUT2D eigenvalue weighted by molar-refractivity contribution is -0.119. The first-order chi connectivity index (χ1) is 15.5. The van der Waals surface area contributed by atoms with Gasteiger partial charge in [0.05, 0.1) is 33.9 Å². The molecule has 1 aromatic heterocycles. The maximum atomic E-state index is 12.4. The molecule has 0 atom stereocenters. The molecule has 0 spiro atoms. The topological polar surface area (TPSA) is 83.8 Å². The zero-order valence-corrected chi connectivity index (χ0v) is 21.0. The first-order valence-corrected chi connectivity index (χ1v) is 12.6. The maximum absolute atomic E-state index is 12.4. The van der Waals surface area contributed by atoms with E-state index in [1.165, 1.54) is 6.21 Å². The number of hydrogen-bond donors (Lipinski definition) is 1. The van der Waals surface area contributed by atoms with Gasteiger partial charge in [-0.05, 0) is 51.1 Å². The van der Waals surface area contributed by atoms with E-state index >= 15 is 0 Å². The van der Waals surface area contributed by atoms with Crippen molar-refractivity contribution >= 4 is 51.0 Å². The van der Waals surface area contributed by atoms with E-state index in [0.29, 0.717) is 15.7 Å². The molecule has 33 heavy (non-hydrogen) atoms. The minimum atomic E-state index is -3.66. The molecule has 0 aliphatic heterocycles. The summed E-state index contributed by atoms with van der Waals surface area (Å²) in [4.78, 5) is 12.4. The lowest BCUT2D eigenvalue weighted by Gasteiger charge is -2.21. The van der Waals surface area contributed by atoms with Crippen molar-refractivity contribution in [2.24, 2.45) is 5.10 Å². The maximum Gasteiger partial charge on any atom is 0.260 e. The van der Waals surface area contributed by atoms with E-state index < -0.39 is 22.5 Å². The number of sulfonamides is 1. The number of carbonyl (C=O) groups is 1. The fourth-order valence-electron chi connectivity index (χ4n) is 3.40. The lowest BCUT2D eigenvalue weighted by atomic mass is 10.2. The number of anilines is 1. The molecule has 2 aromatic carbocycles. The number of carbonyl (C=O) groups excluding carboxylic acids is 1. The Bertz CT molecular complexity index is 1320. The largest absolute Gasteiger partial charge is 0.316 e. The predicted molar refractivity (Wildman–Crippen MR) is 134 cm³/mol. The smallest absolute Gasteiger partial charge is 0.260 e. The molecule has 1 N–H and O–H groups in total. The molecule has 174 valence electrons. The highest BCUT2D eigenvalue weighted by atomic mass is 35.5. The van der Waals surface area contributed by atoms with Crippen LogP contribution in [0, 0.1) is 20.8 Å². The molecule has 3 aromatic rings. The van der Waals surface area contributed by atoms with Crippen LogP contribution in [0.3, 0.4) is 0 Å². The Morgan fingerprint density at radius 1 is 1.12 bits per heavy atom. The highest BCUT2D eigenvalue weighted by molar-refractivity contribution is 7.92. The molecule has 10 heteroatoms. The summed E-state index contributed by atoms with van der Waals surface area (Å²) in [5.41, 5.74) is 7.06. The molecule has 0 saturated heterocycles. The first kappa shape index (κ1) is 24.8. The van der Waals surface area contributed by atoms with Gasteiger partial charge in [0.25, 0.3) is 5.91 Å². The standard InChI is InChI=1S/C23H24Cl2N4O3S/c1-15-8-10-19(11-9-15)28(33(4,31)32)14-22(30)27-26-13-18-12-16(2)29(17(18)3)21-7-5-6-20(24)23(21)25/h5-13H,14H2,1-4H3,(H,27,30)/b26-13-. The summed E-state index contributed by atoms with van der Waals surface area (Å²) >= 11 is 12.5. The normalized spacial score (nSPS) is 11.7. The Hall–Kier alpha value is -2.81. The van der Waals surface area contributed by atoms with Gasteiger partial charge in [-0.25, -0.2) is 13.8 Å². The van der Waals surface area contributed by atoms with Crippen LogP contribution in [0.1, 0.15) is 22.5 Å². The van der Waals surface area contributed by atoms with Gasteiger partial charge in [-0.3, -0.25) is 9.10 Å². The molecule has 1 heterocycles. The highest BCUT2D eigenvalue weighted by Crippen LogP contribution is 2.31. The van der Waals surface area contributed by atoms with Crippen LogP contribution in [0.5, 0.6) is 0 Å². The summed E-state index contributed by atoms with van der Waals surface area (Å²) in [6, 6.07) is 14.2. The van der Waals surface area contributed by atoms with Crippen molar-refractivity contribution < 1.29 is 13.2 Å². The van der Waals surface area contributed by atoms with E-state index in [1.807, 2.05) is 43.5 Å². The first-order valence-electron chi connectivity index (χ1n) is 9.98. The zero-order valence-electron chi connectivity index (χ0n) is 18.6. The van der Waals surface area contributed by atoms with Crippen LogP contribution in [0.4, 0.5) is 5.69 Å². The van der Waals surface area contributed by atoms with Gasteiger partial charge in [0, 0.05) is 17.0 Å². The van der Waals surface area contributed by atoms with E-state index in [-0.39, 0.29) is 0 Å². The van der Waals surface area contributed by atoms with Gasteiger partial charge in [0.1, 0.15) is 6.54 Å². The van der Waals surface area contributed by atoms with Crippen molar-refractivity contribution in [2.45, 2.75) is 20.8 Å². The van der Waals surface area contributed by atoms with Crippen molar-refractivity contribution in [1.29, 1.82) is 0 Å². The Morgan fingerprint density at radius 2 is 1.79 bits per heavy atom. The Kier molecular flexibility index (Phi) is 7.51. The zero-order chi connectivity index (χ0) is 24.3. The number of halogens is 2. The molecular weight excluding hydrogens is 483 g/mol. The van der Waals surface area contributed by atoms with E-state index in [2.05, 4.69) is 10.5 Å². The van der Waals surface area contributed by atoms with Crippen LogP contribution in [-0.2, 0) is 14.8 Å². The third kappa shape index (κ3) is 5.76. The number of nitrogens with one attached hydrogen (secondary N) is 1. The van der Waals surface area contributed by atoms with Gasteiger partial charge in [0.15, 0.2) is 0 Å². The summed E-state index contributed by atoms with van der Waals surface area (Å²) in [7, 11) is -3.66. The number of aromatic nitrogens is 1. The van der Waals surface area contributed by atoms with Gasteiger partial charge in [-0.2, -0.15) is 5.10 Å². The second-order valence-electron chi connectivity index (χ2n) is 7.63. The van der Waals surface area contributed by atoms with Gasteiger partial charge < -0.3 is 4.57 Å². The summed E-state index contributed by atoms with van der Waals surface area (Å²) < 4.78 is 27.4. The fraction of sp³-hybridized carbons (Fsp3) is 0.217. The summed E-state index contributed by atoms with van der Waals surface area (Å²) in [6.45, 7) is 5.32. The van der Waals surface area contributed by atoms with Crippen LogP contribution in [0.2, 0.25) is 10.0 Å². The molecule has 0 aliphatic rings. The molecule has 0 fully saturated rings. The molecule has 1 amide bonds. The average molecular weight is 507 g/mol. The molecule has 0 unspecified atom stereocenters. The van der Waals surface area contributed by atoms with Crippen molar-refractivity contribution in [3.8, 4) is 5.69 Å². The van der Waals surface area contributed by atoms with Crippen LogP contribution in [0.15, 0.2) is 53.6 Å². The molecule has 3 rings (SSSR count). The summed E-state index contributed by atoms with van der Waals surface area (Å²) in [5.74, 6) is -0.566. The van der Waals surface area contributed by atoms with E-state index in [4.69, 9.17) is 23.2 Å². The number of hydrogen-bond acceptors (Lipinski definition) is 4. The minimum absolute atomic E-state index is 0.392. The number of benzene rings is 2. The Labute approximate surface area is 203 Å². The van der Waals surface area contributed by atoms with Crippen LogP contribution >= 0.6 is 23.2 Å². The third-order valence-electron chi connectivity index (χ3n) is 5.04. The van der Waals surface area contributed by atoms with Gasteiger partial charge in [-0.1, -0.05) is 47.0 Å². The van der Waals surface area contributed by atoms with E-state index in [9.17, 15) is 13.2 Å². The molecule has 0 radical (unpaired) electrons. The SMILES string of the molecule is Cc1ccc(N(CC(=O)N/N=C\c2cc(C)n(-c3cccc(Cl)c3Cl)c2C)S(C)(=O)=O)cc1. The monoisotopic (exact) mass is 506 g/mol. The molecular formula is C23H24Cl2N4O3S. The van der Waals surface area contributed by atoms with Gasteiger partial charge in [0.2, 0.25) is 10.0 Å². The number of aryl methyl sites for hydroxylation is 2. The Morgan fingerprint density at radius 3 is 2.42 bits per heavy atom. The summed E-state index contributed by atoms with van der Waals surface area (Å²) in [6.07, 6.45) is 2.56. The second-order valence-corrected chi connectivity index (χ2v) is 10.3. The van der Waals surface area contributed by atoms with E-state index in [0.717, 1.165) is 38.8 Å². The lowest BCUT2D eigenvalue weighted by Crippen LogP contribution is -2.39. The number of nitrogens with zero attached hydrogens (tertiary/aromatic N) is 3. The van der Waals surface area contributed by atoms with Crippen LogP contribution < -0.4 is 9.73 Å². The highest BCUT2D eigenvalue weighted by Gasteiger charge is 2.20. The molecule has 7 nitrogen and oxygen atoms in total. The van der Waals surface area contributed by atoms with E-state index in [1.54, 1.807) is 30.3 Å². The predicted octanol–water partition coefficient (Wildman–Crippen LogP) is 4.63. The summed E-state index contributed by atoms with van der Waals surface area (Å²) in [5, 5.41) is 4.91. The Balaban J connectivity index is 1.76. The number of rotatable bonds is 7. The quantitative estimate of drug-likeness (QED) is 0.374. The molecule has 0 saturated carbocycles. The van der Waals surface area contributed by atoms with Crippen molar-refractivity contribution in [3.63, 3.8) is 0 Å². The van der Waals surface area contributed by atoms with Crippen molar-refractivity contribution in [3.05, 3.63) is 81.1 Å². The average Bonchev–Trinajstić information content (AvgIpc) is 3.01.